The number of nitrogens with one attached hydrogen (secondary N) is 1. The van der Waals surface area contributed by atoms with E-state index in [0.29, 0.717) is 23.5 Å². The van der Waals surface area contributed by atoms with Gasteiger partial charge in [0.1, 0.15) is 10.8 Å². The van der Waals surface area contributed by atoms with Crippen molar-refractivity contribution < 1.29 is 22.8 Å². The Morgan fingerprint density at radius 2 is 1.94 bits per heavy atom. The van der Waals surface area contributed by atoms with Crippen LogP contribution in [0.15, 0.2) is 42.5 Å². The van der Waals surface area contributed by atoms with Gasteiger partial charge in [-0.15, -0.1) is 10.2 Å². The summed E-state index contributed by atoms with van der Waals surface area (Å²) in [5.74, 6) is -3.25. The summed E-state index contributed by atoms with van der Waals surface area (Å²) in [6.45, 7) is 0.536. The monoisotopic (exact) mass is 446 g/mol. The number of rotatable bonds is 5. The van der Waals surface area contributed by atoms with Gasteiger partial charge in [-0.2, -0.15) is 0 Å². The maximum Gasteiger partial charge on any atom is 0.286 e. The SMILES string of the molecule is O=C(Nc1ccc(F)c(F)c1)c1nnc([C@@H]2CCCN2C(=O)Cc2cccc(F)c2)s1. The van der Waals surface area contributed by atoms with Crippen molar-refractivity contribution in [2.45, 2.75) is 25.3 Å². The average Bonchev–Trinajstić information content (AvgIpc) is 3.40. The average molecular weight is 446 g/mol. The van der Waals surface area contributed by atoms with Crippen molar-refractivity contribution in [3.05, 3.63) is 75.5 Å². The van der Waals surface area contributed by atoms with Gasteiger partial charge in [-0.3, -0.25) is 9.59 Å². The summed E-state index contributed by atoms with van der Waals surface area (Å²) in [4.78, 5) is 26.8. The molecule has 2 amide bonds. The van der Waals surface area contributed by atoms with Crippen molar-refractivity contribution in [1.82, 2.24) is 15.1 Å². The highest BCUT2D eigenvalue weighted by molar-refractivity contribution is 7.13. The number of carbonyl (C=O) groups excluding carboxylic acids is 2. The molecule has 0 bridgehead atoms. The van der Waals surface area contributed by atoms with Gasteiger partial charge in [0, 0.05) is 18.3 Å². The molecule has 3 aromatic rings. The molecule has 10 heteroatoms. The van der Waals surface area contributed by atoms with Crippen LogP contribution in [0.5, 0.6) is 0 Å². The van der Waals surface area contributed by atoms with Crippen molar-refractivity contribution in [3.8, 4) is 0 Å². The van der Waals surface area contributed by atoms with Crippen LogP contribution < -0.4 is 5.32 Å². The van der Waals surface area contributed by atoms with Gasteiger partial charge < -0.3 is 10.2 Å². The maximum atomic E-state index is 13.4. The molecule has 4 rings (SSSR count). The minimum absolute atomic E-state index is 0.0455. The van der Waals surface area contributed by atoms with Crippen LogP contribution >= 0.6 is 11.3 Å². The highest BCUT2D eigenvalue weighted by atomic mass is 32.1. The lowest BCUT2D eigenvalue weighted by Crippen LogP contribution is -2.31. The van der Waals surface area contributed by atoms with Gasteiger partial charge in [0.05, 0.1) is 12.5 Å². The molecule has 0 aliphatic carbocycles. The summed E-state index contributed by atoms with van der Waals surface area (Å²) in [6, 6.07) is 8.61. The Labute approximate surface area is 179 Å². The molecule has 0 radical (unpaired) electrons. The molecule has 0 spiro atoms. The molecule has 6 nitrogen and oxygen atoms in total. The number of hydrogen-bond donors (Lipinski definition) is 1. The van der Waals surface area contributed by atoms with E-state index in [9.17, 15) is 22.8 Å². The van der Waals surface area contributed by atoms with Crippen LogP contribution in [0.2, 0.25) is 0 Å². The lowest BCUT2D eigenvalue weighted by atomic mass is 10.1. The molecule has 31 heavy (non-hydrogen) atoms. The molecule has 160 valence electrons. The van der Waals surface area contributed by atoms with Crippen molar-refractivity contribution in [3.63, 3.8) is 0 Å². The quantitative estimate of drug-likeness (QED) is 0.640. The first-order chi connectivity index (χ1) is 14.9. The number of hydrogen-bond acceptors (Lipinski definition) is 5. The first-order valence-electron chi connectivity index (χ1n) is 9.54. The fourth-order valence-corrected chi connectivity index (χ4v) is 4.35. The zero-order valence-electron chi connectivity index (χ0n) is 16.1. The Morgan fingerprint density at radius 3 is 2.71 bits per heavy atom. The smallest absolute Gasteiger partial charge is 0.286 e. The molecule has 1 saturated heterocycles. The van der Waals surface area contributed by atoms with Crippen LogP contribution in [-0.4, -0.2) is 33.5 Å². The molecule has 1 aliphatic rings. The Balaban J connectivity index is 1.45. The molecule has 0 saturated carbocycles. The number of likely N-dealkylation sites (tertiary alicyclic amines) is 1. The van der Waals surface area contributed by atoms with Gasteiger partial charge in [-0.25, -0.2) is 13.2 Å². The van der Waals surface area contributed by atoms with Crippen LogP contribution in [-0.2, 0) is 11.2 Å². The van der Waals surface area contributed by atoms with E-state index < -0.39 is 23.4 Å². The first kappa shape index (κ1) is 21.0. The number of benzene rings is 2. The second-order valence-electron chi connectivity index (χ2n) is 7.08. The number of anilines is 1. The Hall–Kier alpha value is -3.27. The standard InChI is InChI=1S/C21H17F3N4O2S/c22-13-4-1-3-12(9-13)10-18(29)28-8-2-5-17(28)20-26-27-21(31-20)19(30)25-14-6-7-15(23)16(24)11-14/h1,3-4,6-7,9,11,17H,2,5,8,10H2,(H,25,30)/t17-/m0/s1. The van der Waals surface area contributed by atoms with E-state index in [2.05, 4.69) is 15.5 Å². The van der Waals surface area contributed by atoms with E-state index in [4.69, 9.17) is 0 Å². The van der Waals surface area contributed by atoms with Crippen LogP contribution in [0.3, 0.4) is 0 Å². The van der Waals surface area contributed by atoms with Crippen LogP contribution in [0.25, 0.3) is 0 Å². The van der Waals surface area contributed by atoms with E-state index in [1.54, 1.807) is 17.0 Å². The zero-order valence-corrected chi connectivity index (χ0v) is 17.0. The van der Waals surface area contributed by atoms with Crippen LogP contribution in [0, 0.1) is 17.5 Å². The fourth-order valence-electron chi connectivity index (χ4n) is 3.46. The highest BCUT2D eigenvalue weighted by Gasteiger charge is 2.33. The van der Waals surface area contributed by atoms with Crippen molar-refractivity contribution in [1.29, 1.82) is 0 Å². The lowest BCUT2D eigenvalue weighted by molar-refractivity contribution is -0.131. The molecular weight excluding hydrogens is 429 g/mol. The summed E-state index contributed by atoms with van der Waals surface area (Å²) >= 11 is 1.04. The number of nitrogens with zero attached hydrogens (tertiary/aromatic N) is 3. The molecule has 1 N–H and O–H groups in total. The minimum atomic E-state index is -1.07. The zero-order chi connectivity index (χ0) is 22.0. The summed E-state index contributed by atoms with van der Waals surface area (Å²) < 4.78 is 39.8. The number of carbonyl (C=O) groups is 2. The molecule has 1 fully saturated rings. The van der Waals surface area contributed by atoms with Crippen LogP contribution in [0.4, 0.5) is 18.9 Å². The van der Waals surface area contributed by atoms with E-state index in [1.807, 2.05) is 0 Å². The van der Waals surface area contributed by atoms with Crippen molar-refractivity contribution in [2.24, 2.45) is 0 Å². The molecular formula is C21H17F3N4O2S. The predicted octanol–water partition coefficient (Wildman–Crippen LogP) is 4.11. The highest BCUT2D eigenvalue weighted by Crippen LogP contribution is 2.34. The third-order valence-electron chi connectivity index (χ3n) is 4.91. The minimum Gasteiger partial charge on any atom is -0.333 e. The van der Waals surface area contributed by atoms with Gasteiger partial charge in [-0.1, -0.05) is 23.5 Å². The Bertz CT molecular complexity index is 1140. The number of amides is 2. The molecule has 0 unspecified atom stereocenters. The van der Waals surface area contributed by atoms with E-state index >= 15 is 0 Å². The second-order valence-corrected chi connectivity index (χ2v) is 8.09. The third kappa shape index (κ3) is 4.74. The summed E-state index contributed by atoms with van der Waals surface area (Å²) in [5, 5.41) is 11.0. The first-order valence-corrected chi connectivity index (χ1v) is 10.4. The lowest BCUT2D eigenvalue weighted by Gasteiger charge is -2.22. The number of aromatic nitrogens is 2. The molecule has 1 aromatic heterocycles. The fraction of sp³-hybridized carbons (Fsp3) is 0.238. The molecule has 2 heterocycles. The Morgan fingerprint density at radius 1 is 1.10 bits per heavy atom. The van der Waals surface area contributed by atoms with Gasteiger partial charge in [0.2, 0.25) is 10.9 Å². The summed E-state index contributed by atoms with van der Waals surface area (Å²) in [7, 11) is 0. The van der Waals surface area contributed by atoms with Gasteiger partial charge in [0.15, 0.2) is 11.6 Å². The predicted molar refractivity (Wildman–Crippen MR) is 108 cm³/mol. The maximum absolute atomic E-state index is 13.4. The molecule has 1 atom stereocenters. The second kappa shape index (κ2) is 8.84. The van der Waals surface area contributed by atoms with E-state index in [-0.39, 0.29) is 29.1 Å². The summed E-state index contributed by atoms with van der Waals surface area (Å²) in [6.07, 6.45) is 1.51. The normalized spacial score (nSPS) is 15.8. The van der Waals surface area contributed by atoms with E-state index in [1.165, 1.54) is 18.2 Å². The van der Waals surface area contributed by atoms with Crippen LogP contribution in [0.1, 0.15) is 39.3 Å². The van der Waals surface area contributed by atoms with Crippen molar-refractivity contribution >= 4 is 28.8 Å². The summed E-state index contributed by atoms with van der Waals surface area (Å²) in [5.41, 5.74) is 0.674. The van der Waals surface area contributed by atoms with Gasteiger partial charge >= 0.3 is 0 Å². The largest absolute Gasteiger partial charge is 0.333 e. The Kier molecular flexibility index (Phi) is 5.99. The van der Waals surface area contributed by atoms with Gasteiger partial charge in [-0.05, 0) is 42.7 Å². The number of halogens is 3. The topological polar surface area (TPSA) is 75.2 Å². The molecule has 2 aromatic carbocycles. The van der Waals surface area contributed by atoms with E-state index in [0.717, 1.165) is 29.9 Å². The van der Waals surface area contributed by atoms with Crippen molar-refractivity contribution in [2.75, 3.05) is 11.9 Å². The molecule has 1 aliphatic heterocycles. The van der Waals surface area contributed by atoms with Gasteiger partial charge in [0.25, 0.3) is 5.91 Å². The third-order valence-corrected chi connectivity index (χ3v) is 5.94.